The molecule has 1 atom stereocenters. The van der Waals surface area contributed by atoms with E-state index in [1.807, 2.05) is 18.5 Å². The van der Waals surface area contributed by atoms with Crippen molar-refractivity contribution in [1.82, 2.24) is 24.3 Å². The number of nitrogens with zero attached hydrogens (tertiary/aromatic N) is 7. The fourth-order valence-electron chi connectivity index (χ4n) is 6.81. The second-order valence-corrected chi connectivity index (χ2v) is 15.4. The Hall–Kier alpha value is -5.28. The number of likely N-dealkylation sites (tertiary alicyclic amines) is 1. The summed E-state index contributed by atoms with van der Waals surface area (Å²) in [4.78, 5) is 51.8. The minimum Gasteiger partial charge on any atom is -0.443 e. The second kappa shape index (κ2) is 15.0. The molecule has 53 heavy (non-hydrogen) atoms. The molecule has 0 saturated carbocycles. The number of amides is 3. The number of anilines is 1. The summed E-state index contributed by atoms with van der Waals surface area (Å²) >= 11 is 0. The molecule has 12 nitrogen and oxygen atoms in total. The molecular formula is C41H51N7O5. The first kappa shape index (κ1) is 31.3. The lowest BCUT2D eigenvalue weighted by atomic mass is 9.85. The van der Waals surface area contributed by atoms with Gasteiger partial charge in [-0.05, 0) is 140 Å². The number of rotatable bonds is 6. The van der Waals surface area contributed by atoms with Gasteiger partial charge in [-0.1, -0.05) is 6.07 Å². The third-order valence-corrected chi connectivity index (χ3v) is 9.29. The summed E-state index contributed by atoms with van der Waals surface area (Å²) in [5.74, 6) is -1.03. The molecule has 4 aromatic rings. The molecule has 1 unspecified atom stereocenters. The lowest BCUT2D eigenvalue weighted by Gasteiger charge is -2.37. The van der Waals surface area contributed by atoms with Crippen LogP contribution < -0.4 is 4.90 Å². The second-order valence-electron chi connectivity index (χ2n) is 15.4. The highest BCUT2D eigenvalue weighted by Crippen LogP contribution is 2.38. The molecule has 3 aromatic heterocycles. The van der Waals surface area contributed by atoms with Gasteiger partial charge in [-0.15, -0.1) is 0 Å². The van der Waals surface area contributed by atoms with Gasteiger partial charge in [-0.3, -0.25) is 9.69 Å². The van der Waals surface area contributed by atoms with Crippen molar-refractivity contribution in [2.75, 3.05) is 31.9 Å². The molecule has 1 fully saturated rings. The first-order chi connectivity index (χ1) is 27.2. The zero-order chi connectivity index (χ0) is 44.0. The number of carbonyl (C=O) groups is 3. The van der Waals surface area contributed by atoms with Gasteiger partial charge < -0.3 is 18.9 Å². The Morgan fingerprint density at radius 3 is 2.17 bits per heavy atom. The molecule has 0 aliphatic carbocycles. The molecule has 12 heteroatoms. The number of fused-ring (bicyclic) bond motifs is 1. The number of aromatic nitrogens is 3. The summed E-state index contributed by atoms with van der Waals surface area (Å²) in [7, 11) is 1.94. The lowest BCUT2D eigenvalue weighted by Crippen LogP contribution is -2.44. The van der Waals surface area contributed by atoms with Crippen molar-refractivity contribution < 1.29 is 32.1 Å². The van der Waals surface area contributed by atoms with Crippen LogP contribution in [-0.2, 0) is 16.5 Å². The molecule has 1 aliphatic rings. The standard InChI is InChI=1S/C41H51N7O5/c1-25-22-28(37(49)45(9)10)12-13-29(25)27-17-20-47(21-18-27)26(2)34-23-32-30(16-19-43-36(32)46(34)11)31-14-15-35(44-33(31)24-42)48(38(50)52-40(3,4)5)39(51)53-41(6,7)8/h12-16,19,22-23,26-27H,17-18,20-21H2,1-11H3/i9D3,10D3. The molecule has 0 spiro atoms. The van der Waals surface area contributed by atoms with Crippen LogP contribution in [0, 0.1) is 18.3 Å². The first-order valence-electron chi connectivity index (χ1n) is 20.5. The highest BCUT2D eigenvalue weighted by Gasteiger charge is 2.34. The Morgan fingerprint density at radius 2 is 1.60 bits per heavy atom. The molecule has 0 radical (unpaired) electrons. The van der Waals surface area contributed by atoms with Gasteiger partial charge in [0.05, 0.1) is 0 Å². The molecular weight excluding hydrogens is 670 g/mol. The van der Waals surface area contributed by atoms with Crippen molar-refractivity contribution in [3.05, 3.63) is 76.7 Å². The van der Waals surface area contributed by atoms with E-state index in [1.54, 1.807) is 72.0 Å². The van der Waals surface area contributed by atoms with E-state index in [4.69, 9.17) is 17.7 Å². The van der Waals surface area contributed by atoms with Crippen molar-refractivity contribution in [3.63, 3.8) is 0 Å². The predicted octanol–water partition coefficient (Wildman–Crippen LogP) is 8.13. The third kappa shape index (κ3) is 8.52. The van der Waals surface area contributed by atoms with E-state index in [-0.39, 0.29) is 33.9 Å². The largest absolute Gasteiger partial charge is 0.443 e. The molecule has 1 aromatic carbocycles. The normalized spacial score (nSPS) is 16.9. The summed E-state index contributed by atoms with van der Waals surface area (Å²) in [5, 5.41) is 11.1. The molecule has 3 amide bonds. The minimum atomic E-state index is -3.12. The van der Waals surface area contributed by atoms with Crippen LogP contribution in [0.15, 0.2) is 48.7 Å². The van der Waals surface area contributed by atoms with Gasteiger partial charge in [0.2, 0.25) is 0 Å². The number of hydrogen-bond acceptors (Lipinski definition) is 9. The van der Waals surface area contributed by atoms with Crippen molar-refractivity contribution >= 4 is 34.9 Å². The fourth-order valence-corrected chi connectivity index (χ4v) is 6.81. The van der Waals surface area contributed by atoms with Crippen LogP contribution in [0.25, 0.3) is 22.2 Å². The Kier molecular flexibility index (Phi) is 8.84. The van der Waals surface area contributed by atoms with Crippen molar-refractivity contribution in [3.8, 4) is 17.2 Å². The monoisotopic (exact) mass is 727 g/mol. The van der Waals surface area contributed by atoms with Crippen LogP contribution in [0.4, 0.5) is 15.4 Å². The van der Waals surface area contributed by atoms with Gasteiger partial charge in [-0.25, -0.2) is 19.6 Å². The van der Waals surface area contributed by atoms with E-state index in [9.17, 15) is 19.6 Å². The maximum absolute atomic E-state index is 13.3. The highest BCUT2D eigenvalue weighted by atomic mass is 16.6. The molecule has 280 valence electrons. The van der Waals surface area contributed by atoms with Crippen LogP contribution in [0.2, 0.25) is 0 Å². The number of pyridine rings is 2. The van der Waals surface area contributed by atoms with Crippen molar-refractivity contribution in [2.45, 2.75) is 91.4 Å². The van der Waals surface area contributed by atoms with Gasteiger partial charge in [0.15, 0.2) is 5.69 Å². The van der Waals surface area contributed by atoms with Crippen LogP contribution in [0.1, 0.15) is 114 Å². The van der Waals surface area contributed by atoms with Crippen LogP contribution in [-0.4, -0.2) is 80.7 Å². The molecule has 1 aliphatic heterocycles. The number of hydrogen-bond donors (Lipinski definition) is 0. The Morgan fingerprint density at radius 1 is 0.962 bits per heavy atom. The van der Waals surface area contributed by atoms with Gasteiger partial charge in [-0.2, -0.15) is 10.2 Å². The molecule has 4 heterocycles. The molecule has 1 saturated heterocycles. The van der Waals surface area contributed by atoms with Gasteiger partial charge in [0.1, 0.15) is 28.7 Å². The van der Waals surface area contributed by atoms with Crippen molar-refractivity contribution in [2.24, 2.45) is 7.05 Å². The number of imide groups is 1. The van der Waals surface area contributed by atoms with Gasteiger partial charge >= 0.3 is 12.2 Å². The zero-order valence-electron chi connectivity index (χ0n) is 37.8. The smallest absolute Gasteiger partial charge is 0.425 e. The molecule has 0 N–H and O–H groups in total. The number of piperidine rings is 1. The summed E-state index contributed by atoms with van der Waals surface area (Å²) in [6, 6.07) is 13.9. The SMILES string of the molecule is [2H]C([2H])([2H])N(C(=O)c1ccc(C2CCN(C(C)c3cc4c(-c5ccc(N(C(=O)OC(C)(C)C)C(=O)OC(C)(C)C)nc5C#N)ccnc4n3C)CC2)c(C)c1)C([2H])([2H])[2H]. The fraction of sp³-hybridized carbons (Fsp3) is 0.463. The number of benzene rings is 1. The van der Waals surface area contributed by atoms with E-state index in [1.165, 1.54) is 12.1 Å². The number of nitriles is 1. The average Bonchev–Trinajstić information content (AvgIpc) is 3.44. The Balaban J connectivity index is 1.38. The Bertz CT molecular complexity index is 2250. The number of aryl methyl sites for hydroxylation is 2. The quantitative estimate of drug-likeness (QED) is 0.193. The van der Waals surface area contributed by atoms with Crippen LogP contribution in [0.3, 0.4) is 0 Å². The molecule has 0 bridgehead atoms. The first-order valence-corrected chi connectivity index (χ1v) is 17.5. The van der Waals surface area contributed by atoms with Crippen molar-refractivity contribution in [1.29, 1.82) is 5.26 Å². The predicted molar refractivity (Wildman–Crippen MR) is 205 cm³/mol. The summed E-state index contributed by atoms with van der Waals surface area (Å²) < 4.78 is 58.7. The van der Waals surface area contributed by atoms with E-state index < -0.39 is 43.2 Å². The van der Waals surface area contributed by atoms with E-state index in [2.05, 4.69) is 33.9 Å². The van der Waals surface area contributed by atoms with E-state index in [0.717, 1.165) is 48.1 Å². The van der Waals surface area contributed by atoms with E-state index in [0.29, 0.717) is 21.7 Å². The maximum atomic E-state index is 13.3. The number of ether oxygens (including phenoxy) is 2. The topological polar surface area (TPSA) is 134 Å². The summed E-state index contributed by atoms with van der Waals surface area (Å²) in [6.45, 7) is 9.25. The third-order valence-electron chi connectivity index (χ3n) is 9.29. The zero-order valence-corrected chi connectivity index (χ0v) is 31.8. The molecule has 5 rings (SSSR count). The Labute approximate surface area is 320 Å². The van der Waals surface area contributed by atoms with Gasteiger partial charge in [0, 0.05) is 63.7 Å². The van der Waals surface area contributed by atoms with Crippen LogP contribution >= 0.6 is 0 Å². The summed E-state index contributed by atoms with van der Waals surface area (Å²) in [6.07, 6.45) is 1.30. The van der Waals surface area contributed by atoms with Gasteiger partial charge in [0.25, 0.3) is 5.91 Å². The number of carbonyl (C=O) groups excluding carboxylic acids is 3. The summed E-state index contributed by atoms with van der Waals surface area (Å²) in [5.41, 5.74) is 2.80. The van der Waals surface area contributed by atoms with Crippen LogP contribution in [0.5, 0.6) is 0 Å². The minimum absolute atomic E-state index is 0.00509. The average molecular weight is 728 g/mol. The lowest BCUT2D eigenvalue weighted by molar-refractivity contribution is 0.0428. The highest BCUT2D eigenvalue weighted by molar-refractivity contribution is 6.09. The maximum Gasteiger partial charge on any atom is 0.425 e. The van der Waals surface area contributed by atoms with E-state index >= 15 is 0 Å².